The first-order valence-corrected chi connectivity index (χ1v) is 7.95. The lowest BCUT2D eigenvalue weighted by molar-refractivity contribution is -0.0491. The summed E-state index contributed by atoms with van der Waals surface area (Å²) in [5.41, 5.74) is 2.59. The van der Waals surface area contributed by atoms with E-state index in [0.717, 1.165) is 18.4 Å². The molecule has 2 heteroatoms. The minimum absolute atomic E-state index is 0.170. The molecule has 20 heavy (non-hydrogen) atoms. The van der Waals surface area contributed by atoms with Crippen molar-refractivity contribution >= 4 is 0 Å². The Balaban J connectivity index is 2.03. The highest BCUT2D eigenvalue weighted by Crippen LogP contribution is 2.33. The van der Waals surface area contributed by atoms with Crippen LogP contribution in [0.3, 0.4) is 0 Å². The first kappa shape index (κ1) is 15.5. The summed E-state index contributed by atoms with van der Waals surface area (Å²) >= 11 is 0. The molecule has 112 valence electrons. The lowest BCUT2D eigenvalue weighted by atomic mass is 9.81. The van der Waals surface area contributed by atoms with Crippen LogP contribution in [0.25, 0.3) is 0 Å². The second-order valence-electron chi connectivity index (χ2n) is 6.63. The van der Waals surface area contributed by atoms with Gasteiger partial charge in [-0.3, -0.25) is 0 Å². The molecule has 2 nitrogen and oxygen atoms in total. The Bertz CT molecular complexity index is 390. The van der Waals surface area contributed by atoms with E-state index >= 15 is 0 Å². The normalized spacial score (nSPS) is 28.3. The standard InChI is InChI=1S/C18H29NO/c1-13-5-7-16(8-6-13)18(12-19-4)20-17-10-14(2)9-15(3)11-17/h5-8,14-15,17-19H,9-12H2,1-4H3. The second-order valence-corrected chi connectivity index (χ2v) is 6.63. The molecule has 0 amide bonds. The predicted molar refractivity (Wildman–Crippen MR) is 84.9 cm³/mol. The van der Waals surface area contributed by atoms with E-state index < -0.39 is 0 Å². The van der Waals surface area contributed by atoms with Gasteiger partial charge in [0, 0.05) is 6.54 Å². The number of rotatable bonds is 5. The molecule has 1 aliphatic carbocycles. The van der Waals surface area contributed by atoms with Crippen molar-refractivity contribution in [2.45, 2.75) is 52.2 Å². The van der Waals surface area contributed by atoms with Gasteiger partial charge in [0.15, 0.2) is 0 Å². The Morgan fingerprint density at radius 2 is 1.70 bits per heavy atom. The third-order valence-corrected chi connectivity index (χ3v) is 4.33. The van der Waals surface area contributed by atoms with Gasteiger partial charge in [-0.1, -0.05) is 43.7 Å². The third-order valence-electron chi connectivity index (χ3n) is 4.33. The second kappa shape index (κ2) is 7.24. The van der Waals surface area contributed by atoms with Gasteiger partial charge in [0.05, 0.1) is 12.2 Å². The quantitative estimate of drug-likeness (QED) is 0.873. The highest BCUT2D eigenvalue weighted by Gasteiger charge is 2.27. The molecule has 0 bridgehead atoms. The summed E-state index contributed by atoms with van der Waals surface area (Å²) in [6.45, 7) is 7.71. The van der Waals surface area contributed by atoms with Crippen LogP contribution < -0.4 is 5.32 Å². The number of hydrogen-bond donors (Lipinski definition) is 1. The molecule has 0 aromatic heterocycles. The zero-order chi connectivity index (χ0) is 14.5. The fourth-order valence-electron chi connectivity index (χ4n) is 3.43. The van der Waals surface area contributed by atoms with E-state index in [1.807, 2.05) is 7.05 Å². The van der Waals surface area contributed by atoms with E-state index in [-0.39, 0.29) is 6.10 Å². The minimum Gasteiger partial charge on any atom is -0.369 e. The summed E-state index contributed by atoms with van der Waals surface area (Å²) < 4.78 is 6.44. The van der Waals surface area contributed by atoms with Crippen LogP contribution in [-0.4, -0.2) is 19.7 Å². The van der Waals surface area contributed by atoms with Crippen LogP contribution in [0.1, 0.15) is 50.3 Å². The molecular weight excluding hydrogens is 246 g/mol. The summed E-state index contributed by atoms with van der Waals surface area (Å²) in [4.78, 5) is 0. The predicted octanol–water partition coefficient (Wildman–Crippen LogP) is 4.10. The lowest BCUT2D eigenvalue weighted by Gasteiger charge is -2.34. The van der Waals surface area contributed by atoms with Crippen molar-refractivity contribution in [1.82, 2.24) is 5.32 Å². The maximum atomic E-state index is 6.44. The molecular formula is C18H29NO. The molecule has 0 radical (unpaired) electrons. The van der Waals surface area contributed by atoms with Crippen LogP contribution in [0.5, 0.6) is 0 Å². The Hall–Kier alpha value is -0.860. The van der Waals surface area contributed by atoms with Crippen LogP contribution in [0.15, 0.2) is 24.3 Å². The average Bonchev–Trinajstić information content (AvgIpc) is 2.38. The van der Waals surface area contributed by atoms with Gasteiger partial charge in [-0.2, -0.15) is 0 Å². The Morgan fingerprint density at radius 3 is 2.25 bits per heavy atom. The van der Waals surface area contributed by atoms with Crippen LogP contribution in [-0.2, 0) is 4.74 Å². The van der Waals surface area contributed by atoms with Gasteiger partial charge in [0.1, 0.15) is 0 Å². The smallest absolute Gasteiger partial charge is 0.0952 e. The molecule has 1 aliphatic rings. The molecule has 3 unspecified atom stereocenters. The maximum Gasteiger partial charge on any atom is 0.0952 e. The molecule has 0 aliphatic heterocycles. The Morgan fingerprint density at radius 1 is 1.10 bits per heavy atom. The topological polar surface area (TPSA) is 21.3 Å². The molecule has 3 atom stereocenters. The van der Waals surface area contributed by atoms with Crippen LogP contribution in [0, 0.1) is 18.8 Å². The first-order valence-electron chi connectivity index (χ1n) is 7.95. The first-order chi connectivity index (χ1) is 9.58. The van der Waals surface area contributed by atoms with E-state index in [1.54, 1.807) is 0 Å². The van der Waals surface area contributed by atoms with Crippen molar-refractivity contribution in [2.24, 2.45) is 11.8 Å². The average molecular weight is 275 g/mol. The van der Waals surface area contributed by atoms with Crippen molar-refractivity contribution in [2.75, 3.05) is 13.6 Å². The van der Waals surface area contributed by atoms with E-state index in [4.69, 9.17) is 4.74 Å². The van der Waals surface area contributed by atoms with Gasteiger partial charge in [-0.05, 0) is 50.6 Å². The highest BCUT2D eigenvalue weighted by atomic mass is 16.5. The fraction of sp³-hybridized carbons (Fsp3) is 0.667. The van der Waals surface area contributed by atoms with Crippen molar-refractivity contribution < 1.29 is 4.74 Å². The number of hydrogen-bond acceptors (Lipinski definition) is 2. The van der Waals surface area contributed by atoms with E-state index in [9.17, 15) is 0 Å². The van der Waals surface area contributed by atoms with Gasteiger partial charge in [0.2, 0.25) is 0 Å². The fourth-order valence-corrected chi connectivity index (χ4v) is 3.43. The summed E-state index contributed by atoms with van der Waals surface area (Å²) in [6, 6.07) is 8.75. The van der Waals surface area contributed by atoms with Crippen LogP contribution in [0.4, 0.5) is 0 Å². The van der Waals surface area contributed by atoms with Gasteiger partial charge in [-0.15, -0.1) is 0 Å². The molecule has 1 aromatic carbocycles. The Kier molecular flexibility index (Phi) is 5.62. The van der Waals surface area contributed by atoms with Crippen molar-refractivity contribution in [1.29, 1.82) is 0 Å². The van der Waals surface area contributed by atoms with E-state index in [2.05, 4.69) is 50.4 Å². The molecule has 0 heterocycles. The summed E-state index contributed by atoms with van der Waals surface area (Å²) in [6.07, 6.45) is 4.34. The molecule has 1 fully saturated rings. The van der Waals surface area contributed by atoms with Crippen molar-refractivity contribution in [3.63, 3.8) is 0 Å². The number of likely N-dealkylation sites (N-methyl/N-ethyl adjacent to an activating group) is 1. The highest BCUT2D eigenvalue weighted by molar-refractivity contribution is 5.23. The van der Waals surface area contributed by atoms with E-state index in [1.165, 1.54) is 30.4 Å². The van der Waals surface area contributed by atoms with Gasteiger partial charge < -0.3 is 10.1 Å². The molecule has 1 N–H and O–H groups in total. The number of ether oxygens (including phenoxy) is 1. The number of aryl methyl sites for hydroxylation is 1. The van der Waals surface area contributed by atoms with Crippen LogP contribution in [0.2, 0.25) is 0 Å². The lowest BCUT2D eigenvalue weighted by Crippen LogP contribution is -2.30. The molecule has 1 aromatic rings. The summed E-state index contributed by atoms with van der Waals surface area (Å²) in [5.74, 6) is 1.58. The van der Waals surface area contributed by atoms with Gasteiger partial charge >= 0.3 is 0 Å². The largest absolute Gasteiger partial charge is 0.369 e. The van der Waals surface area contributed by atoms with Crippen molar-refractivity contribution in [3.05, 3.63) is 35.4 Å². The van der Waals surface area contributed by atoms with Gasteiger partial charge in [0.25, 0.3) is 0 Å². The molecule has 1 saturated carbocycles. The van der Waals surface area contributed by atoms with Crippen molar-refractivity contribution in [3.8, 4) is 0 Å². The summed E-state index contributed by atoms with van der Waals surface area (Å²) in [5, 5.41) is 3.27. The van der Waals surface area contributed by atoms with E-state index in [0.29, 0.717) is 6.10 Å². The number of benzene rings is 1. The molecule has 0 saturated heterocycles. The Labute approximate surface area is 123 Å². The molecule has 0 spiro atoms. The monoisotopic (exact) mass is 275 g/mol. The van der Waals surface area contributed by atoms with Gasteiger partial charge in [-0.25, -0.2) is 0 Å². The number of nitrogens with one attached hydrogen (secondary N) is 1. The van der Waals surface area contributed by atoms with Crippen LogP contribution >= 0.6 is 0 Å². The third kappa shape index (κ3) is 4.32. The maximum absolute atomic E-state index is 6.44. The zero-order valence-corrected chi connectivity index (χ0v) is 13.4. The zero-order valence-electron chi connectivity index (χ0n) is 13.4. The SMILES string of the molecule is CNCC(OC1CC(C)CC(C)C1)c1ccc(C)cc1. The molecule has 2 rings (SSSR count). The minimum atomic E-state index is 0.170. The summed E-state index contributed by atoms with van der Waals surface area (Å²) in [7, 11) is 2.00.